The average Bonchev–Trinajstić information content (AvgIpc) is 3.96. The lowest BCUT2D eigenvalue weighted by atomic mass is 9.68. The third-order valence-corrected chi connectivity index (χ3v) is 12.7. The Hall–Kier alpha value is -0.640. The maximum absolute atomic E-state index is 7.00. The van der Waals surface area contributed by atoms with Gasteiger partial charge in [-0.05, 0) is 88.9 Å². The van der Waals surface area contributed by atoms with E-state index < -0.39 is 0 Å². The summed E-state index contributed by atoms with van der Waals surface area (Å²) >= 11 is 0. The van der Waals surface area contributed by atoms with Crippen molar-refractivity contribution >= 4 is 0 Å². The minimum atomic E-state index is 0.0206. The van der Waals surface area contributed by atoms with Crippen molar-refractivity contribution in [3.05, 3.63) is 24.3 Å². The van der Waals surface area contributed by atoms with E-state index in [0.717, 1.165) is 25.0 Å². The highest BCUT2D eigenvalue weighted by molar-refractivity contribution is 5.19. The van der Waals surface area contributed by atoms with Crippen molar-refractivity contribution in [3.63, 3.8) is 0 Å². The van der Waals surface area contributed by atoms with E-state index in [9.17, 15) is 0 Å². The minimum Gasteiger partial charge on any atom is -0.380 e. The zero-order valence-corrected chi connectivity index (χ0v) is 26.7. The molecule has 232 valence electrons. The Morgan fingerprint density at radius 3 is 1.22 bits per heavy atom. The largest absolute Gasteiger partial charge is 0.380 e. The summed E-state index contributed by atoms with van der Waals surface area (Å²) in [5, 5.41) is 0. The van der Waals surface area contributed by atoms with Crippen molar-refractivity contribution in [1.82, 2.24) is 0 Å². The highest BCUT2D eigenvalue weighted by Crippen LogP contribution is 2.60. The molecule has 2 heterocycles. The molecule has 0 amide bonds. The predicted octanol–water partition coefficient (Wildman–Crippen LogP) is 9.98. The molecule has 2 saturated heterocycles. The molecule has 3 nitrogen and oxygen atoms in total. The van der Waals surface area contributed by atoms with Crippen molar-refractivity contribution in [2.24, 2.45) is 35.5 Å². The minimum absolute atomic E-state index is 0.0206. The second-order valence-electron chi connectivity index (χ2n) is 15.1. The van der Waals surface area contributed by atoms with Crippen molar-refractivity contribution in [3.8, 4) is 0 Å². The first-order chi connectivity index (χ1) is 20.2. The molecule has 0 radical (unpaired) electrons. The van der Waals surface area contributed by atoms with Gasteiger partial charge < -0.3 is 14.2 Å². The number of ether oxygens (including phenoxy) is 3. The molecule has 0 bridgehead atoms. The van der Waals surface area contributed by atoms with Gasteiger partial charge in [-0.3, -0.25) is 0 Å². The van der Waals surface area contributed by atoms with Crippen LogP contribution in [-0.2, 0) is 14.2 Å². The Bertz CT molecular complexity index is 787. The summed E-state index contributed by atoms with van der Waals surface area (Å²) in [5.74, 6) is 3.67. The van der Waals surface area contributed by atoms with Gasteiger partial charge in [-0.1, -0.05) is 101 Å². The van der Waals surface area contributed by atoms with Crippen LogP contribution in [-0.4, -0.2) is 36.6 Å². The second kappa shape index (κ2) is 14.0. The molecule has 0 spiro atoms. The van der Waals surface area contributed by atoms with Crippen LogP contribution in [0, 0.1) is 35.5 Å². The molecule has 6 unspecified atom stereocenters. The van der Waals surface area contributed by atoms with Crippen molar-refractivity contribution in [2.45, 2.75) is 166 Å². The van der Waals surface area contributed by atoms with Crippen LogP contribution in [0.25, 0.3) is 0 Å². The van der Waals surface area contributed by atoms with Crippen LogP contribution in [0.1, 0.15) is 142 Å². The number of hydrogen-bond donors (Lipinski definition) is 0. The molecule has 2 aliphatic heterocycles. The predicted molar refractivity (Wildman–Crippen MR) is 169 cm³/mol. The van der Waals surface area contributed by atoms with Gasteiger partial charge in [0.2, 0.25) is 0 Å². The lowest BCUT2D eigenvalue weighted by Crippen LogP contribution is -2.42. The lowest BCUT2D eigenvalue weighted by molar-refractivity contribution is 0.0174. The summed E-state index contributed by atoms with van der Waals surface area (Å²) in [5.41, 5.74) is 0.0413. The summed E-state index contributed by atoms with van der Waals surface area (Å²) in [6.07, 6.45) is 38.0. The van der Waals surface area contributed by atoms with Crippen molar-refractivity contribution < 1.29 is 14.2 Å². The Morgan fingerprint density at radius 2 is 0.878 bits per heavy atom. The number of rotatable bonds is 12. The van der Waals surface area contributed by atoms with Gasteiger partial charge in [-0.2, -0.15) is 0 Å². The van der Waals surface area contributed by atoms with Crippen LogP contribution in [0.2, 0.25) is 0 Å². The smallest absolute Gasteiger partial charge is 0.106 e. The molecule has 6 rings (SSSR count). The molecule has 6 atom stereocenters. The normalized spacial score (nSPS) is 38.0. The van der Waals surface area contributed by atoms with E-state index in [0.29, 0.717) is 35.9 Å². The van der Waals surface area contributed by atoms with Gasteiger partial charge in [-0.25, -0.2) is 0 Å². The molecule has 41 heavy (non-hydrogen) atoms. The summed E-state index contributed by atoms with van der Waals surface area (Å²) in [6, 6.07) is 0. The quantitative estimate of drug-likeness (QED) is 0.174. The Kier molecular flexibility index (Phi) is 10.4. The fourth-order valence-electron chi connectivity index (χ4n) is 10.6. The molecule has 4 aliphatic carbocycles. The van der Waals surface area contributed by atoms with Crippen LogP contribution < -0.4 is 0 Å². The summed E-state index contributed by atoms with van der Waals surface area (Å²) in [4.78, 5) is 0. The van der Waals surface area contributed by atoms with Gasteiger partial charge in [0.15, 0.2) is 0 Å². The molecular weight excluding hydrogens is 504 g/mol. The third kappa shape index (κ3) is 6.30. The highest BCUT2D eigenvalue weighted by atomic mass is 16.6. The SMILES string of the molecule is CC=CC(COCC(C=CC)C1(C2CCCCC2)OC1C1CCCCC1)C1(C2CCCCC2)OC1C1CCCCC1. The molecule has 0 aromatic heterocycles. The molecule has 0 aromatic rings. The average molecular weight is 567 g/mol. The summed E-state index contributed by atoms with van der Waals surface area (Å²) in [7, 11) is 0. The molecule has 6 fully saturated rings. The van der Waals surface area contributed by atoms with E-state index in [1.54, 1.807) is 0 Å². The maximum Gasteiger partial charge on any atom is 0.106 e. The lowest BCUT2D eigenvalue weighted by Gasteiger charge is -2.36. The van der Waals surface area contributed by atoms with Crippen LogP contribution >= 0.6 is 0 Å². The summed E-state index contributed by atoms with van der Waals surface area (Å²) < 4.78 is 20.9. The number of allylic oxidation sites excluding steroid dienone is 2. The zero-order chi connectivity index (χ0) is 28.1. The van der Waals surface area contributed by atoms with E-state index in [4.69, 9.17) is 14.2 Å². The first-order valence-corrected chi connectivity index (χ1v) is 18.4. The zero-order valence-electron chi connectivity index (χ0n) is 26.7. The van der Waals surface area contributed by atoms with E-state index in [2.05, 4.69) is 38.2 Å². The van der Waals surface area contributed by atoms with E-state index >= 15 is 0 Å². The van der Waals surface area contributed by atoms with Gasteiger partial charge >= 0.3 is 0 Å². The van der Waals surface area contributed by atoms with Crippen LogP contribution in [0.15, 0.2) is 24.3 Å². The van der Waals surface area contributed by atoms with Crippen LogP contribution in [0.5, 0.6) is 0 Å². The molecular formula is C38H62O3. The molecule has 6 aliphatic rings. The van der Waals surface area contributed by atoms with Crippen molar-refractivity contribution in [1.29, 1.82) is 0 Å². The van der Waals surface area contributed by atoms with E-state index in [1.165, 1.54) is 128 Å². The fourth-order valence-corrected chi connectivity index (χ4v) is 10.6. The van der Waals surface area contributed by atoms with Crippen LogP contribution in [0.4, 0.5) is 0 Å². The van der Waals surface area contributed by atoms with E-state index in [1.807, 2.05) is 0 Å². The van der Waals surface area contributed by atoms with Gasteiger partial charge in [0.05, 0.1) is 25.4 Å². The van der Waals surface area contributed by atoms with Crippen molar-refractivity contribution in [2.75, 3.05) is 13.2 Å². The molecule has 4 saturated carbocycles. The molecule has 0 N–H and O–H groups in total. The highest BCUT2D eigenvalue weighted by Gasteiger charge is 2.68. The van der Waals surface area contributed by atoms with Gasteiger partial charge in [0.25, 0.3) is 0 Å². The molecule has 3 heteroatoms. The first-order valence-electron chi connectivity index (χ1n) is 18.4. The molecule has 0 aromatic carbocycles. The first kappa shape index (κ1) is 30.4. The van der Waals surface area contributed by atoms with Gasteiger partial charge in [0.1, 0.15) is 11.2 Å². The number of hydrogen-bond acceptors (Lipinski definition) is 3. The van der Waals surface area contributed by atoms with Crippen LogP contribution in [0.3, 0.4) is 0 Å². The second-order valence-corrected chi connectivity index (χ2v) is 15.1. The number of epoxide rings is 2. The Labute approximate surface area is 252 Å². The fraction of sp³-hybridized carbons (Fsp3) is 0.895. The van der Waals surface area contributed by atoms with E-state index in [-0.39, 0.29) is 11.2 Å². The maximum atomic E-state index is 7.00. The Morgan fingerprint density at radius 1 is 0.537 bits per heavy atom. The van der Waals surface area contributed by atoms with Gasteiger partial charge in [-0.15, -0.1) is 0 Å². The summed E-state index contributed by atoms with van der Waals surface area (Å²) in [6.45, 7) is 6.00. The Balaban J connectivity index is 1.17. The monoisotopic (exact) mass is 566 g/mol. The third-order valence-electron chi connectivity index (χ3n) is 12.7. The standard InChI is InChI=1S/C38H62O3/c1-3-17-33(37(31-23-13-7-14-24-31)35(40-37)29-19-9-5-10-20-29)27-39-28-34(18-4-2)38(32-25-15-8-16-26-32)36(41-38)30-21-11-6-12-22-30/h3-4,17-18,29-36H,5-16,19-28H2,1-2H3. The topological polar surface area (TPSA) is 34.3 Å². The van der Waals surface area contributed by atoms with Gasteiger partial charge in [0, 0.05) is 11.8 Å².